The summed E-state index contributed by atoms with van der Waals surface area (Å²) in [6.45, 7) is 4.05. The second-order valence-electron chi connectivity index (χ2n) is 7.63. The fourth-order valence-electron chi connectivity index (χ4n) is 4.62. The Morgan fingerprint density at radius 3 is 2.44 bits per heavy atom. The lowest BCUT2D eigenvalue weighted by Crippen LogP contribution is -2.44. The van der Waals surface area contributed by atoms with Gasteiger partial charge in [-0.25, -0.2) is 4.79 Å². The molecule has 0 saturated heterocycles. The number of hydrogen-bond acceptors (Lipinski definition) is 4. The van der Waals surface area contributed by atoms with Crippen LogP contribution < -0.4 is 16.1 Å². The molecule has 3 heterocycles. The molecule has 1 saturated carbocycles. The first-order chi connectivity index (χ1) is 12.0. The fraction of sp³-hybridized carbons (Fsp3) is 0.722. The summed E-state index contributed by atoms with van der Waals surface area (Å²) < 4.78 is 4.70. The van der Waals surface area contributed by atoms with E-state index < -0.39 is 0 Å². The molecule has 1 aliphatic carbocycles. The van der Waals surface area contributed by atoms with Crippen molar-refractivity contribution in [3.8, 4) is 0 Å². The van der Waals surface area contributed by atoms with Gasteiger partial charge in [0, 0.05) is 33.2 Å². The molecule has 7 heteroatoms. The van der Waals surface area contributed by atoms with Crippen LogP contribution >= 0.6 is 0 Å². The lowest BCUT2D eigenvalue weighted by Gasteiger charge is -2.39. The molecule has 25 heavy (non-hydrogen) atoms. The number of imidazole rings is 1. The maximum atomic E-state index is 12.7. The molecule has 0 aromatic carbocycles. The summed E-state index contributed by atoms with van der Waals surface area (Å²) in [4.78, 5) is 32.0. The van der Waals surface area contributed by atoms with Gasteiger partial charge in [-0.15, -0.1) is 0 Å². The number of fused-ring (bicyclic) bond motifs is 3. The second-order valence-corrected chi connectivity index (χ2v) is 7.63. The molecule has 7 nitrogen and oxygen atoms in total. The molecule has 136 valence electrons. The third-order valence-electron chi connectivity index (χ3n) is 6.19. The van der Waals surface area contributed by atoms with E-state index >= 15 is 0 Å². The third-order valence-corrected chi connectivity index (χ3v) is 6.19. The van der Waals surface area contributed by atoms with E-state index in [1.807, 2.05) is 4.57 Å². The Balaban J connectivity index is 1.85. The monoisotopic (exact) mass is 345 g/mol. The van der Waals surface area contributed by atoms with Gasteiger partial charge in [-0.2, -0.15) is 4.98 Å². The second kappa shape index (κ2) is 6.04. The van der Waals surface area contributed by atoms with E-state index in [4.69, 9.17) is 4.98 Å². The Morgan fingerprint density at radius 2 is 1.72 bits per heavy atom. The predicted molar refractivity (Wildman–Crippen MR) is 98.2 cm³/mol. The molecule has 1 aliphatic heterocycles. The highest BCUT2D eigenvalue weighted by atomic mass is 16.2. The Bertz CT molecular complexity index is 916. The summed E-state index contributed by atoms with van der Waals surface area (Å²) in [6.07, 6.45) is 7.53. The summed E-state index contributed by atoms with van der Waals surface area (Å²) in [5.74, 6) is 1.55. The first-order valence-electron chi connectivity index (χ1n) is 9.43. The first kappa shape index (κ1) is 16.4. The highest BCUT2D eigenvalue weighted by Gasteiger charge is 2.32. The van der Waals surface area contributed by atoms with Gasteiger partial charge in [0.15, 0.2) is 11.2 Å². The van der Waals surface area contributed by atoms with E-state index in [2.05, 4.69) is 11.8 Å². The predicted octanol–water partition coefficient (Wildman–Crippen LogP) is 1.61. The SMILES string of the molecule is C[C@H](C1CCCCC1)N1CCCn2c1nc1c2c(=O)n(C)c(=O)n1C. The highest BCUT2D eigenvalue weighted by Crippen LogP contribution is 2.33. The molecule has 2 aromatic heterocycles. The summed E-state index contributed by atoms with van der Waals surface area (Å²) in [6, 6.07) is 0.414. The minimum absolute atomic E-state index is 0.246. The molecule has 2 aromatic rings. The van der Waals surface area contributed by atoms with Crippen LogP contribution in [0.2, 0.25) is 0 Å². The molecule has 2 aliphatic rings. The van der Waals surface area contributed by atoms with Crippen LogP contribution in [0.5, 0.6) is 0 Å². The lowest BCUT2D eigenvalue weighted by atomic mass is 9.84. The largest absolute Gasteiger partial charge is 0.339 e. The molecule has 1 atom stereocenters. The molecule has 0 unspecified atom stereocenters. The van der Waals surface area contributed by atoms with Gasteiger partial charge >= 0.3 is 5.69 Å². The minimum Gasteiger partial charge on any atom is -0.339 e. The van der Waals surface area contributed by atoms with Gasteiger partial charge in [-0.1, -0.05) is 19.3 Å². The summed E-state index contributed by atoms with van der Waals surface area (Å²) >= 11 is 0. The quantitative estimate of drug-likeness (QED) is 0.829. The van der Waals surface area contributed by atoms with Gasteiger partial charge in [-0.05, 0) is 32.1 Å². The number of aromatic nitrogens is 4. The highest BCUT2D eigenvalue weighted by molar-refractivity contribution is 5.75. The number of hydrogen-bond donors (Lipinski definition) is 0. The fourth-order valence-corrected chi connectivity index (χ4v) is 4.62. The van der Waals surface area contributed by atoms with Gasteiger partial charge in [0.25, 0.3) is 5.56 Å². The molecule has 0 radical (unpaired) electrons. The van der Waals surface area contributed by atoms with Crippen LogP contribution in [0.15, 0.2) is 9.59 Å². The van der Waals surface area contributed by atoms with Gasteiger partial charge in [0.1, 0.15) is 0 Å². The van der Waals surface area contributed by atoms with E-state index in [1.165, 1.54) is 48.3 Å². The average Bonchev–Trinajstić information content (AvgIpc) is 3.04. The van der Waals surface area contributed by atoms with E-state index in [1.54, 1.807) is 7.05 Å². The molecule has 0 amide bonds. The van der Waals surface area contributed by atoms with E-state index in [9.17, 15) is 9.59 Å². The zero-order valence-electron chi connectivity index (χ0n) is 15.4. The van der Waals surface area contributed by atoms with Crippen molar-refractivity contribution in [1.29, 1.82) is 0 Å². The van der Waals surface area contributed by atoms with Gasteiger partial charge in [0.05, 0.1) is 0 Å². The maximum absolute atomic E-state index is 12.7. The Labute approximate surface area is 146 Å². The van der Waals surface area contributed by atoms with Crippen molar-refractivity contribution in [2.24, 2.45) is 20.0 Å². The van der Waals surface area contributed by atoms with E-state index in [0.29, 0.717) is 23.1 Å². The zero-order chi connectivity index (χ0) is 17.7. The molecule has 0 N–H and O–H groups in total. The molecular weight excluding hydrogens is 318 g/mol. The van der Waals surface area contributed by atoms with E-state index in [-0.39, 0.29) is 11.2 Å². The normalized spacial score (nSPS) is 20.0. The number of rotatable bonds is 2. The minimum atomic E-state index is -0.320. The van der Waals surface area contributed by atoms with Crippen LogP contribution in [0.1, 0.15) is 45.4 Å². The van der Waals surface area contributed by atoms with Crippen molar-refractivity contribution in [2.45, 2.75) is 58.0 Å². The Kier molecular flexibility index (Phi) is 3.96. The van der Waals surface area contributed by atoms with Crippen molar-refractivity contribution in [3.63, 3.8) is 0 Å². The van der Waals surface area contributed by atoms with Crippen LogP contribution in [-0.4, -0.2) is 31.3 Å². The maximum Gasteiger partial charge on any atom is 0.332 e. The van der Waals surface area contributed by atoms with Crippen LogP contribution in [-0.2, 0) is 20.6 Å². The van der Waals surface area contributed by atoms with Crippen LogP contribution in [0.25, 0.3) is 11.2 Å². The van der Waals surface area contributed by atoms with E-state index in [0.717, 1.165) is 25.5 Å². The summed E-state index contributed by atoms with van der Waals surface area (Å²) in [5.41, 5.74) is 0.495. The Hall–Kier alpha value is -2.05. The molecule has 0 spiro atoms. The van der Waals surface area contributed by atoms with Crippen molar-refractivity contribution >= 4 is 17.1 Å². The van der Waals surface area contributed by atoms with Crippen LogP contribution in [0.3, 0.4) is 0 Å². The number of anilines is 1. The van der Waals surface area contributed by atoms with Gasteiger partial charge in [-0.3, -0.25) is 13.9 Å². The van der Waals surface area contributed by atoms with Crippen LogP contribution in [0.4, 0.5) is 5.95 Å². The Morgan fingerprint density at radius 1 is 1.00 bits per heavy atom. The van der Waals surface area contributed by atoms with Crippen molar-refractivity contribution in [3.05, 3.63) is 20.8 Å². The van der Waals surface area contributed by atoms with Gasteiger partial charge in [0.2, 0.25) is 5.95 Å². The lowest BCUT2D eigenvalue weighted by molar-refractivity contribution is 0.297. The topological polar surface area (TPSA) is 65.1 Å². The third kappa shape index (κ3) is 2.43. The summed E-state index contributed by atoms with van der Waals surface area (Å²) in [7, 11) is 3.23. The first-order valence-corrected chi connectivity index (χ1v) is 9.43. The van der Waals surface area contributed by atoms with Crippen molar-refractivity contribution < 1.29 is 0 Å². The molecule has 4 rings (SSSR count). The van der Waals surface area contributed by atoms with Gasteiger partial charge < -0.3 is 9.47 Å². The zero-order valence-corrected chi connectivity index (χ0v) is 15.4. The molecule has 1 fully saturated rings. The summed E-state index contributed by atoms with van der Waals surface area (Å²) in [5, 5.41) is 0. The molecular formula is C18H27N5O2. The van der Waals surface area contributed by atoms with Crippen molar-refractivity contribution in [2.75, 3.05) is 11.4 Å². The number of nitrogens with zero attached hydrogens (tertiary/aromatic N) is 5. The standard InChI is InChI=1S/C18H27N5O2/c1-12(13-8-5-4-6-9-13)22-10-7-11-23-14-15(19-17(22)23)20(2)18(25)21(3)16(14)24/h12-13H,4-11H2,1-3H3/t12-/m1/s1. The van der Waals surface area contributed by atoms with Crippen LogP contribution in [0, 0.1) is 5.92 Å². The average molecular weight is 345 g/mol. The molecule has 0 bridgehead atoms. The number of aryl methyl sites for hydroxylation is 2. The van der Waals surface area contributed by atoms with Crippen molar-refractivity contribution in [1.82, 2.24) is 18.7 Å². The smallest absolute Gasteiger partial charge is 0.332 e.